The van der Waals surface area contributed by atoms with E-state index in [9.17, 15) is 19.5 Å². The number of carbonyl (C=O) groups excluding carboxylic acids is 3. The topological polar surface area (TPSA) is 95.9 Å². The van der Waals surface area contributed by atoms with Crippen LogP contribution < -0.4 is 5.32 Å². The van der Waals surface area contributed by atoms with Crippen molar-refractivity contribution in [1.29, 1.82) is 0 Å². The Morgan fingerprint density at radius 2 is 1.76 bits per heavy atom. The highest BCUT2D eigenvalue weighted by Gasteiger charge is 2.50. The van der Waals surface area contributed by atoms with Crippen LogP contribution in [-0.2, 0) is 15.1 Å². The number of halogens is 1. The third-order valence-corrected chi connectivity index (χ3v) is 6.60. The van der Waals surface area contributed by atoms with Gasteiger partial charge in [0.05, 0.1) is 18.3 Å². The fourth-order valence-electron chi connectivity index (χ4n) is 4.29. The molecule has 0 spiro atoms. The van der Waals surface area contributed by atoms with Gasteiger partial charge >= 0.3 is 5.97 Å². The van der Waals surface area contributed by atoms with Crippen LogP contribution in [0.3, 0.4) is 0 Å². The maximum absolute atomic E-state index is 13.1. The maximum Gasteiger partial charge on any atom is 0.337 e. The minimum atomic E-state index is -1.12. The summed E-state index contributed by atoms with van der Waals surface area (Å²) in [7, 11) is 1.27. The van der Waals surface area contributed by atoms with Crippen LogP contribution in [0, 0.1) is 5.41 Å². The van der Waals surface area contributed by atoms with Crippen LogP contribution >= 0.6 is 11.6 Å². The molecular formula is C25H29ClN2O5. The van der Waals surface area contributed by atoms with E-state index in [1.807, 2.05) is 26.0 Å². The third kappa shape index (κ3) is 5.04. The lowest BCUT2D eigenvalue weighted by molar-refractivity contribution is -0.154. The van der Waals surface area contributed by atoms with E-state index in [-0.39, 0.29) is 17.0 Å². The Balaban J connectivity index is 1.69. The van der Waals surface area contributed by atoms with Crippen molar-refractivity contribution < 1.29 is 24.2 Å². The summed E-state index contributed by atoms with van der Waals surface area (Å²) in [5.41, 5.74) is -0.476. The van der Waals surface area contributed by atoms with Crippen molar-refractivity contribution in [3.8, 4) is 0 Å². The Hall–Kier alpha value is -2.90. The number of amides is 2. The minimum absolute atomic E-state index is 0.237. The van der Waals surface area contributed by atoms with Crippen molar-refractivity contribution in [2.45, 2.75) is 38.8 Å². The monoisotopic (exact) mass is 472 g/mol. The van der Waals surface area contributed by atoms with E-state index in [0.29, 0.717) is 24.5 Å². The molecule has 0 saturated carbocycles. The predicted octanol–water partition coefficient (Wildman–Crippen LogP) is 3.39. The number of nitrogens with one attached hydrogen (secondary N) is 1. The van der Waals surface area contributed by atoms with Crippen molar-refractivity contribution >= 4 is 29.4 Å². The minimum Gasteiger partial charge on any atom is -0.465 e. The van der Waals surface area contributed by atoms with Gasteiger partial charge < -0.3 is 20.1 Å². The Morgan fingerprint density at radius 3 is 2.36 bits per heavy atom. The standard InChI is InChI=1S/C25H29ClN2O5/c1-16(27-21(29)17-6-5-7-18(14-17)23(31)33-4)22(30)28-13-12-25(32,24(2,3)15-28)19-8-10-20(26)11-9-19/h5-11,14,16,32H,12-13,15H2,1-4H3,(H,27,29). The molecule has 176 valence electrons. The van der Waals surface area contributed by atoms with Gasteiger partial charge in [-0.3, -0.25) is 9.59 Å². The fourth-order valence-corrected chi connectivity index (χ4v) is 4.42. The quantitative estimate of drug-likeness (QED) is 0.650. The predicted molar refractivity (Wildman–Crippen MR) is 125 cm³/mol. The average Bonchev–Trinajstić information content (AvgIpc) is 2.80. The average molecular weight is 473 g/mol. The molecule has 1 saturated heterocycles. The van der Waals surface area contributed by atoms with Crippen LogP contribution in [0.25, 0.3) is 0 Å². The number of hydrogen-bond donors (Lipinski definition) is 2. The summed E-state index contributed by atoms with van der Waals surface area (Å²) in [6, 6.07) is 12.5. The summed E-state index contributed by atoms with van der Waals surface area (Å²) in [6.45, 7) is 6.13. The van der Waals surface area contributed by atoms with Crippen LogP contribution in [0.15, 0.2) is 48.5 Å². The first kappa shape index (κ1) is 24.7. The number of methoxy groups -OCH3 is 1. The Kier molecular flexibility index (Phi) is 7.14. The molecular weight excluding hydrogens is 444 g/mol. The summed E-state index contributed by atoms with van der Waals surface area (Å²) in [5.74, 6) is -1.24. The molecule has 0 bridgehead atoms. The number of nitrogens with zero attached hydrogens (tertiary/aromatic N) is 1. The zero-order chi connectivity index (χ0) is 24.4. The molecule has 1 aliphatic rings. The van der Waals surface area contributed by atoms with Gasteiger partial charge in [0.2, 0.25) is 5.91 Å². The van der Waals surface area contributed by atoms with Crippen LogP contribution in [0.4, 0.5) is 0 Å². The maximum atomic E-state index is 13.1. The van der Waals surface area contributed by atoms with Crippen LogP contribution in [-0.4, -0.2) is 54.0 Å². The fraction of sp³-hybridized carbons (Fsp3) is 0.400. The Bertz CT molecular complexity index is 1050. The van der Waals surface area contributed by atoms with Gasteiger partial charge in [-0.05, 0) is 49.2 Å². The number of benzene rings is 2. The highest BCUT2D eigenvalue weighted by atomic mass is 35.5. The molecule has 0 aromatic heterocycles. The first-order chi connectivity index (χ1) is 15.5. The SMILES string of the molecule is COC(=O)c1cccc(C(=O)NC(C)C(=O)N2CCC(O)(c3ccc(Cl)cc3)C(C)(C)C2)c1. The summed E-state index contributed by atoms with van der Waals surface area (Å²) in [4.78, 5) is 39.2. The van der Waals surface area contributed by atoms with Gasteiger partial charge in [0.15, 0.2) is 0 Å². The van der Waals surface area contributed by atoms with Crippen molar-refractivity contribution in [1.82, 2.24) is 10.2 Å². The Morgan fingerprint density at radius 1 is 1.12 bits per heavy atom. The molecule has 0 radical (unpaired) electrons. The number of ether oxygens (including phenoxy) is 1. The first-order valence-electron chi connectivity index (χ1n) is 10.7. The summed E-state index contributed by atoms with van der Waals surface area (Å²) in [6.07, 6.45) is 0.356. The van der Waals surface area contributed by atoms with Crippen molar-refractivity contribution in [3.05, 3.63) is 70.2 Å². The number of likely N-dealkylation sites (tertiary alicyclic amines) is 1. The summed E-state index contributed by atoms with van der Waals surface area (Å²) < 4.78 is 4.69. The van der Waals surface area contributed by atoms with Crippen LogP contribution in [0.1, 0.15) is 53.5 Å². The lowest BCUT2D eigenvalue weighted by Crippen LogP contribution is -2.59. The van der Waals surface area contributed by atoms with E-state index in [4.69, 9.17) is 11.6 Å². The largest absolute Gasteiger partial charge is 0.465 e. The molecule has 2 aromatic carbocycles. The molecule has 2 atom stereocenters. The zero-order valence-corrected chi connectivity index (χ0v) is 20.0. The number of piperidine rings is 1. The second kappa shape index (κ2) is 9.53. The smallest absolute Gasteiger partial charge is 0.337 e. The molecule has 8 heteroatoms. The van der Waals surface area contributed by atoms with Gasteiger partial charge in [0.1, 0.15) is 6.04 Å². The van der Waals surface area contributed by atoms with Crippen molar-refractivity contribution in [3.63, 3.8) is 0 Å². The van der Waals surface area contributed by atoms with Crippen molar-refractivity contribution in [2.24, 2.45) is 5.41 Å². The van der Waals surface area contributed by atoms with Gasteiger partial charge in [-0.2, -0.15) is 0 Å². The zero-order valence-electron chi connectivity index (χ0n) is 19.2. The van der Waals surface area contributed by atoms with Crippen LogP contribution in [0.5, 0.6) is 0 Å². The highest BCUT2D eigenvalue weighted by Crippen LogP contribution is 2.46. The van der Waals surface area contributed by atoms with E-state index < -0.39 is 28.9 Å². The molecule has 33 heavy (non-hydrogen) atoms. The summed E-state index contributed by atoms with van der Waals surface area (Å²) in [5, 5.41) is 14.8. The lowest BCUT2D eigenvalue weighted by Gasteiger charge is -2.51. The Labute approximate surface area is 198 Å². The number of rotatable bonds is 5. The van der Waals surface area contributed by atoms with Gasteiger partial charge in [-0.15, -0.1) is 0 Å². The van der Waals surface area contributed by atoms with Gasteiger partial charge in [-0.1, -0.05) is 43.6 Å². The molecule has 1 aliphatic heterocycles. The normalized spacial score (nSPS) is 20.6. The van der Waals surface area contributed by atoms with E-state index in [0.717, 1.165) is 5.56 Å². The molecule has 3 rings (SSSR count). The first-order valence-corrected chi connectivity index (χ1v) is 11.1. The molecule has 2 amide bonds. The molecule has 2 unspecified atom stereocenters. The molecule has 2 N–H and O–H groups in total. The molecule has 2 aromatic rings. The summed E-state index contributed by atoms with van der Waals surface area (Å²) >= 11 is 5.99. The lowest BCUT2D eigenvalue weighted by atomic mass is 9.66. The number of esters is 1. The van der Waals surface area contributed by atoms with Crippen molar-refractivity contribution in [2.75, 3.05) is 20.2 Å². The molecule has 1 fully saturated rings. The molecule has 0 aliphatic carbocycles. The van der Waals surface area contributed by atoms with Gasteiger partial charge in [-0.25, -0.2) is 4.79 Å². The van der Waals surface area contributed by atoms with E-state index in [1.54, 1.807) is 42.2 Å². The third-order valence-electron chi connectivity index (χ3n) is 6.35. The van der Waals surface area contributed by atoms with E-state index >= 15 is 0 Å². The molecule has 7 nitrogen and oxygen atoms in total. The number of carbonyl (C=O) groups is 3. The van der Waals surface area contributed by atoms with Gasteiger partial charge in [0.25, 0.3) is 5.91 Å². The molecule has 1 heterocycles. The van der Waals surface area contributed by atoms with Gasteiger partial charge in [0, 0.05) is 29.1 Å². The highest BCUT2D eigenvalue weighted by molar-refractivity contribution is 6.30. The second-order valence-electron chi connectivity index (χ2n) is 9.03. The number of aliphatic hydroxyl groups is 1. The van der Waals surface area contributed by atoms with E-state index in [2.05, 4.69) is 10.1 Å². The van der Waals surface area contributed by atoms with E-state index in [1.165, 1.54) is 13.2 Å². The number of hydrogen-bond acceptors (Lipinski definition) is 5. The van der Waals surface area contributed by atoms with Crippen LogP contribution in [0.2, 0.25) is 5.02 Å². The second-order valence-corrected chi connectivity index (χ2v) is 9.46.